The summed E-state index contributed by atoms with van der Waals surface area (Å²) in [5.74, 6) is 0.618. The summed E-state index contributed by atoms with van der Waals surface area (Å²) < 4.78 is 62.2. The zero-order valence-electron chi connectivity index (χ0n) is 23.1. The van der Waals surface area contributed by atoms with E-state index in [2.05, 4.69) is 25.2 Å². The van der Waals surface area contributed by atoms with Crippen LogP contribution in [0.3, 0.4) is 0 Å². The summed E-state index contributed by atoms with van der Waals surface area (Å²) in [5, 5.41) is 3.70. The first-order valence-electron chi connectivity index (χ1n) is 14.2. The number of anilines is 2. The van der Waals surface area contributed by atoms with Crippen LogP contribution in [0.1, 0.15) is 56.3 Å². The van der Waals surface area contributed by atoms with Crippen molar-refractivity contribution < 1.29 is 21.6 Å². The predicted octanol–water partition coefficient (Wildman–Crippen LogP) is 6.38. The van der Waals surface area contributed by atoms with Crippen molar-refractivity contribution in [1.29, 1.82) is 0 Å². The third-order valence-corrected chi connectivity index (χ3v) is 8.96. The van der Waals surface area contributed by atoms with Crippen LogP contribution in [0.2, 0.25) is 0 Å². The van der Waals surface area contributed by atoms with E-state index in [9.17, 15) is 21.6 Å². The molecule has 3 heterocycles. The second-order valence-corrected chi connectivity index (χ2v) is 13.6. The fraction of sp³-hybridized carbons (Fsp3) is 0.500. The summed E-state index contributed by atoms with van der Waals surface area (Å²) in [4.78, 5) is 13.8. The van der Waals surface area contributed by atoms with Gasteiger partial charge in [0.2, 0.25) is 5.82 Å². The van der Waals surface area contributed by atoms with Gasteiger partial charge in [-0.25, -0.2) is 23.4 Å². The van der Waals surface area contributed by atoms with Gasteiger partial charge >= 0.3 is 6.18 Å². The van der Waals surface area contributed by atoms with Crippen molar-refractivity contribution >= 4 is 21.3 Å². The van der Waals surface area contributed by atoms with Crippen LogP contribution in [0.5, 0.6) is 0 Å². The molecule has 0 radical (unpaired) electrons. The van der Waals surface area contributed by atoms with Crippen molar-refractivity contribution in [2.24, 2.45) is 11.8 Å². The van der Waals surface area contributed by atoms with Gasteiger partial charge in [0.25, 0.3) is 0 Å². The van der Waals surface area contributed by atoms with E-state index in [1.165, 1.54) is 25.1 Å². The molecule has 1 aromatic carbocycles. The summed E-state index contributed by atoms with van der Waals surface area (Å²) in [5.41, 5.74) is 3.33. The number of alkyl halides is 3. The summed E-state index contributed by atoms with van der Waals surface area (Å²) in [6.45, 7) is 1.58. The maximum absolute atomic E-state index is 12.9. The highest BCUT2D eigenvalue weighted by Crippen LogP contribution is 2.36. The molecule has 3 atom stereocenters. The number of nitrogens with one attached hydrogen (secondary N) is 1. The van der Waals surface area contributed by atoms with Crippen molar-refractivity contribution in [1.82, 2.24) is 15.0 Å². The molecule has 1 saturated carbocycles. The van der Waals surface area contributed by atoms with E-state index in [0.29, 0.717) is 17.5 Å². The number of sulfone groups is 1. The van der Waals surface area contributed by atoms with Crippen molar-refractivity contribution in [2.45, 2.75) is 62.9 Å². The minimum absolute atomic E-state index is 0.00523. The molecule has 2 aliphatic rings. The first kappa shape index (κ1) is 29.3. The first-order valence-corrected chi connectivity index (χ1v) is 16.2. The lowest BCUT2D eigenvalue weighted by atomic mass is 9.77. The number of aromatic nitrogens is 3. The Balaban J connectivity index is 1.24. The Morgan fingerprint density at radius 2 is 1.73 bits per heavy atom. The molecule has 0 spiro atoms. The van der Waals surface area contributed by atoms with Gasteiger partial charge in [-0.05, 0) is 72.8 Å². The number of hydrogen-bond donors (Lipinski definition) is 1. The van der Waals surface area contributed by atoms with Crippen LogP contribution in [0.4, 0.5) is 24.7 Å². The molecular formula is C30H36F3N5O2S. The highest BCUT2D eigenvalue weighted by atomic mass is 32.2. The van der Waals surface area contributed by atoms with Crippen LogP contribution in [0, 0.1) is 11.8 Å². The fourth-order valence-corrected chi connectivity index (χ4v) is 7.04. The van der Waals surface area contributed by atoms with E-state index < -0.39 is 21.8 Å². The Morgan fingerprint density at radius 1 is 0.976 bits per heavy atom. The van der Waals surface area contributed by atoms with Crippen molar-refractivity contribution in [3.8, 4) is 11.1 Å². The van der Waals surface area contributed by atoms with Gasteiger partial charge in [0.15, 0.2) is 9.84 Å². The minimum atomic E-state index is -4.54. The number of benzene rings is 1. The van der Waals surface area contributed by atoms with E-state index in [0.717, 1.165) is 74.1 Å². The van der Waals surface area contributed by atoms with Gasteiger partial charge in [0.1, 0.15) is 5.82 Å². The van der Waals surface area contributed by atoms with Crippen LogP contribution in [-0.2, 0) is 21.8 Å². The van der Waals surface area contributed by atoms with Gasteiger partial charge < -0.3 is 10.2 Å². The molecule has 2 fully saturated rings. The number of halogens is 3. The van der Waals surface area contributed by atoms with Crippen LogP contribution in [0.15, 0.2) is 55.0 Å². The fourth-order valence-electron chi connectivity index (χ4n) is 6.25. The third-order valence-electron chi connectivity index (χ3n) is 8.10. The molecule has 0 amide bonds. The lowest BCUT2D eigenvalue weighted by Crippen LogP contribution is -2.39. The average Bonchev–Trinajstić information content (AvgIpc) is 2.93. The van der Waals surface area contributed by atoms with Crippen molar-refractivity contribution in [3.63, 3.8) is 0 Å². The minimum Gasteiger partial charge on any atom is -0.369 e. The highest BCUT2D eigenvalue weighted by Gasteiger charge is 2.35. The Kier molecular flexibility index (Phi) is 8.82. The molecule has 11 heteroatoms. The van der Waals surface area contributed by atoms with Gasteiger partial charge in [-0.15, -0.1) is 0 Å². The molecular weight excluding hydrogens is 551 g/mol. The molecule has 3 aromatic rings. The number of nitrogens with zero attached hydrogens (tertiary/aromatic N) is 4. The SMILES string of the molecule is CS(=O)(=O)Cc1cccc(-c2ccnc(N[C@@H]3CCCC[C@H]3C[C@H]3CCCN(c4cnc(C(F)(F)F)nc4)C3)c2)c1. The second-order valence-electron chi connectivity index (χ2n) is 11.4. The van der Waals surface area contributed by atoms with E-state index >= 15 is 0 Å². The highest BCUT2D eigenvalue weighted by molar-refractivity contribution is 7.89. The Bertz CT molecular complexity index is 1430. The predicted molar refractivity (Wildman–Crippen MR) is 154 cm³/mol. The van der Waals surface area contributed by atoms with Gasteiger partial charge in [0, 0.05) is 31.6 Å². The molecule has 1 aliphatic heterocycles. The molecule has 41 heavy (non-hydrogen) atoms. The van der Waals surface area contributed by atoms with Crippen LogP contribution < -0.4 is 10.2 Å². The standard InChI is InChI=1S/C30H36F3N5O2S/c1-41(39,40)20-22-6-4-9-23(15-22)24-11-12-34-28(16-24)37-27-10-3-2-8-25(27)14-21-7-5-13-38(19-21)26-17-35-29(36-18-26)30(31,32)33/h4,6,9,11-12,15-18,21,25,27H,2-3,5,7-8,10,13-14,19-20H2,1H3,(H,34,37)/t21-,25+,27-/m1/s1. The van der Waals surface area contributed by atoms with Crippen molar-refractivity contribution in [3.05, 3.63) is 66.4 Å². The van der Waals surface area contributed by atoms with Gasteiger partial charge in [-0.2, -0.15) is 13.2 Å². The first-order chi connectivity index (χ1) is 19.5. The van der Waals surface area contributed by atoms with E-state index in [-0.39, 0.29) is 11.8 Å². The number of hydrogen-bond acceptors (Lipinski definition) is 7. The number of pyridine rings is 1. The van der Waals surface area contributed by atoms with Crippen LogP contribution >= 0.6 is 0 Å². The zero-order chi connectivity index (χ0) is 29.0. The molecule has 7 nitrogen and oxygen atoms in total. The van der Waals surface area contributed by atoms with Crippen LogP contribution in [-0.4, -0.2) is 48.8 Å². The van der Waals surface area contributed by atoms with Gasteiger partial charge in [0.05, 0.1) is 23.8 Å². The lowest BCUT2D eigenvalue weighted by Gasteiger charge is -2.39. The normalized spacial score (nSPS) is 22.0. The number of piperidine rings is 1. The molecule has 1 aliphatic carbocycles. The van der Waals surface area contributed by atoms with Gasteiger partial charge in [-0.3, -0.25) is 0 Å². The zero-order valence-corrected chi connectivity index (χ0v) is 24.0. The maximum atomic E-state index is 12.9. The average molecular weight is 588 g/mol. The second kappa shape index (κ2) is 12.3. The number of rotatable bonds is 8. The molecule has 0 unspecified atom stereocenters. The van der Waals surface area contributed by atoms with E-state index in [4.69, 9.17) is 0 Å². The molecule has 2 aromatic heterocycles. The maximum Gasteiger partial charge on any atom is 0.451 e. The topological polar surface area (TPSA) is 88.1 Å². The van der Waals surface area contributed by atoms with Crippen molar-refractivity contribution in [2.75, 3.05) is 29.6 Å². The molecule has 1 N–H and O–H groups in total. The van der Waals surface area contributed by atoms with E-state index in [1.807, 2.05) is 36.4 Å². The smallest absolute Gasteiger partial charge is 0.369 e. The Hall–Kier alpha value is -3.21. The molecule has 220 valence electrons. The summed E-state index contributed by atoms with van der Waals surface area (Å²) in [7, 11) is -3.12. The summed E-state index contributed by atoms with van der Waals surface area (Å²) >= 11 is 0. The largest absolute Gasteiger partial charge is 0.451 e. The molecule has 5 rings (SSSR count). The lowest BCUT2D eigenvalue weighted by molar-refractivity contribution is -0.145. The summed E-state index contributed by atoms with van der Waals surface area (Å²) in [6, 6.07) is 11.8. The molecule has 0 bridgehead atoms. The monoisotopic (exact) mass is 587 g/mol. The quantitative estimate of drug-likeness (QED) is 0.327. The Morgan fingerprint density at radius 3 is 2.49 bits per heavy atom. The third kappa shape index (κ3) is 7.96. The van der Waals surface area contributed by atoms with Crippen LogP contribution in [0.25, 0.3) is 11.1 Å². The van der Waals surface area contributed by atoms with E-state index in [1.54, 1.807) is 6.20 Å². The Labute approximate surface area is 239 Å². The molecule has 1 saturated heterocycles. The summed E-state index contributed by atoms with van der Waals surface area (Å²) in [6.07, 6.45) is 8.72. The van der Waals surface area contributed by atoms with Gasteiger partial charge in [-0.1, -0.05) is 37.1 Å².